The average Bonchev–Trinajstić information content (AvgIpc) is 2.76. The van der Waals surface area contributed by atoms with Gasteiger partial charge in [-0.25, -0.2) is 4.98 Å². The van der Waals surface area contributed by atoms with Gasteiger partial charge in [-0.05, 0) is 43.5 Å². The molecule has 2 heterocycles. The molecule has 19 heavy (non-hydrogen) atoms. The summed E-state index contributed by atoms with van der Waals surface area (Å²) in [5.74, 6) is 1.95. The van der Waals surface area contributed by atoms with E-state index in [2.05, 4.69) is 23.9 Å². The Morgan fingerprint density at radius 2 is 2.32 bits per heavy atom. The van der Waals surface area contributed by atoms with Gasteiger partial charge in [0.25, 0.3) is 0 Å². The van der Waals surface area contributed by atoms with Gasteiger partial charge in [0.05, 0.1) is 17.1 Å². The molecule has 1 aliphatic rings. The van der Waals surface area contributed by atoms with E-state index in [1.54, 1.807) is 0 Å². The molecule has 0 aliphatic carbocycles. The Kier molecular flexibility index (Phi) is 3.50. The van der Waals surface area contributed by atoms with Crippen molar-refractivity contribution in [2.45, 2.75) is 32.2 Å². The second-order valence-corrected chi connectivity index (χ2v) is 5.90. The summed E-state index contributed by atoms with van der Waals surface area (Å²) in [5.41, 5.74) is 2.14. The molecule has 1 aliphatic heterocycles. The van der Waals surface area contributed by atoms with Crippen LogP contribution in [0.15, 0.2) is 18.2 Å². The Labute approximate surface area is 119 Å². The van der Waals surface area contributed by atoms with E-state index in [-0.39, 0.29) is 0 Å². The van der Waals surface area contributed by atoms with Crippen LogP contribution in [0.4, 0.5) is 0 Å². The molecular formula is C15H20ClN3. The highest BCUT2D eigenvalue weighted by Crippen LogP contribution is 2.30. The zero-order valence-corrected chi connectivity index (χ0v) is 12.2. The molecule has 0 radical (unpaired) electrons. The van der Waals surface area contributed by atoms with E-state index >= 15 is 0 Å². The molecule has 2 atom stereocenters. The molecule has 0 saturated carbocycles. The number of rotatable bonds is 2. The lowest BCUT2D eigenvalue weighted by atomic mass is 9.90. The molecule has 102 valence electrons. The van der Waals surface area contributed by atoms with Gasteiger partial charge < -0.3 is 9.88 Å². The van der Waals surface area contributed by atoms with E-state index in [0.29, 0.717) is 6.04 Å². The minimum atomic E-state index is 0.370. The third-order valence-electron chi connectivity index (χ3n) is 4.28. The number of halogens is 1. The lowest BCUT2D eigenvalue weighted by molar-refractivity contribution is 0.288. The van der Waals surface area contributed by atoms with Crippen LogP contribution in [-0.4, -0.2) is 16.1 Å². The minimum Gasteiger partial charge on any atom is -0.330 e. The van der Waals surface area contributed by atoms with Gasteiger partial charge >= 0.3 is 0 Å². The average molecular weight is 278 g/mol. The summed E-state index contributed by atoms with van der Waals surface area (Å²) in [7, 11) is 2.08. The first-order valence-corrected chi connectivity index (χ1v) is 7.42. The monoisotopic (exact) mass is 277 g/mol. The van der Waals surface area contributed by atoms with Crippen molar-refractivity contribution in [1.82, 2.24) is 14.9 Å². The maximum Gasteiger partial charge on any atom is 0.126 e. The van der Waals surface area contributed by atoms with Gasteiger partial charge in [0, 0.05) is 12.1 Å². The molecule has 1 fully saturated rings. The highest BCUT2D eigenvalue weighted by Gasteiger charge is 2.25. The summed E-state index contributed by atoms with van der Waals surface area (Å²) in [6.45, 7) is 3.37. The third kappa shape index (κ3) is 2.37. The minimum absolute atomic E-state index is 0.370. The molecule has 2 unspecified atom stereocenters. The number of hydrogen-bond donors (Lipinski definition) is 1. The Balaban J connectivity index is 1.98. The molecule has 3 nitrogen and oxygen atoms in total. The maximum absolute atomic E-state index is 6.07. The van der Waals surface area contributed by atoms with Gasteiger partial charge in [-0.15, -0.1) is 0 Å². The van der Waals surface area contributed by atoms with Crippen LogP contribution in [0, 0.1) is 5.92 Å². The predicted molar refractivity (Wildman–Crippen MR) is 79.5 cm³/mol. The molecule has 4 heteroatoms. The number of aromatic nitrogens is 2. The van der Waals surface area contributed by atoms with Gasteiger partial charge in [-0.3, -0.25) is 0 Å². The largest absolute Gasteiger partial charge is 0.330 e. The topological polar surface area (TPSA) is 29.9 Å². The summed E-state index contributed by atoms with van der Waals surface area (Å²) >= 11 is 6.07. The van der Waals surface area contributed by atoms with E-state index in [1.165, 1.54) is 19.3 Å². The number of imidazole rings is 1. The van der Waals surface area contributed by atoms with Crippen molar-refractivity contribution in [2.75, 3.05) is 6.54 Å². The Morgan fingerprint density at radius 1 is 1.47 bits per heavy atom. The van der Waals surface area contributed by atoms with Gasteiger partial charge in [0.1, 0.15) is 5.82 Å². The normalized spacial score (nSPS) is 23.9. The summed E-state index contributed by atoms with van der Waals surface area (Å²) in [4.78, 5) is 4.79. The summed E-state index contributed by atoms with van der Waals surface area (Å²) in [5, 5.41) is 4.37. The molecule has 0 amide bonds. The van der Waals surface area contributed by atoms with Crippen molar-refractivity contribution in [1.29, 1.82) is 0 Å². The smallest absolute Gasteiger partial charge is 0.126 e. The van der Waals surface area contributed by atoms with Crippen LogP contribution >= 0.6 is 11.6 Å². The Morgan fingerprint density at radius 3 is 3.11 bits per heavy atom. The number of hydrogen-bond acceptors (Lipinski definition) is 2. The van der Waals surface area contributed by atoms with Crippen molar-refractivity contribution < 1.29 is 0 Å². The molecule has 1 aromatic carbocycles. The first-order valence-electron chi connectivity index (χ1n) is 7.04. The molecule has 2 aromatic rings. The Bertz CT molecular complexity index is 590. The van der Waals surface area contributed by atoms with Crippen molar-refractivity contribution in [3.05, 3.63) is 29.0 Å². The van der Waals surface area contributed by atoms with E-state index in [1.807, 2.05) is 18.2 Å². The van der Waals surface area contributed by atoms with Crippen LogP contribution in [0.25, 0.3) is 11.0 Å². The molecule has 3 rings (SSSR count). The number of fused-ring (bicyclic) bond motifs is 1. The molecule has 0 bridgehead atoms. The molecule has 0 spiro atoms. The lowest BCUT2D eigenvalue weighted by Gasteiger charge is -2.29. The van der Waals surface area contributed by atoms with Crippen LogP contribution in [0.3, 0.4) is 0 Å². The lowest BCUT2D eigenvalue weighted by Crippen LogP contribution is -2.33. The van der Waals surface area contributed by atoms with E-state index in [4.69, 9.17) is 16.6 Å². The second kappa shape index (κ2) is 5.14. The fourth-order valence-corrected chi connectivity index (χ4v) is 3.22. The highest BCUT2D eigenvalue weighted by molar-refractivity contribution is 6.31. The van der Waals surface area contributed by atoms with Crippen molar-refractivity contribution in [3.63, 3.8) is 0 Å². The maximum atomic E-state index is 6.07. The fourth-order valence-electron chi connectivity index (χ4n) is 3.06. The molecule has 1 saturated heterocycles. The first kappa shape index (κ1) is 12.9. The SMILES string of the molecule is CCC1CCNC(c2nc3ccc(Cl)cc3n2C)C1. The van der Waals surface area contributed by atoms with Crippen LogP contribution in [-0.2, 0) is 7.05 Å². The molecular weight excluding hydrogens is 258 g/mol. The van der Waals surface area contributed by atoms with E-state index in [9.17, 15) is 0 Å². The standard InChI is InChI=1S/C15H20ClN3/c1-3-10-6-7-17-13(8-10)15-18-12-5-4-11(16)9-14(12)19(15)2/h4-5,9-10,13,17H,3,6-8H2,1-2H3. The van der Waals surface area contributed by atoms with Crippen molar-refractivity contribution >= 4 is 22.6 Å². The predicted octanol–water partition coefficient (Wildman–Crippen LogP) is 3.68. The summed E-state index contributed by atoms with van der Waals surface area (Å²) < 4.78 is 2.18. The summed E-state index contributed by atoms with van der Waals surface area (Å²) in [6, 6.07) is 6.27. The molecule has 1 aromatic heterocycles. The zero-order valence-electron chi connectivity index (χ0n) is 11.5. The second-order valence-electron chi connectivity index (χ2n) is 5.47. The Hall–Kier alpha value is -1.06. The van der Waals surface area contributed by atoms with Crippen LogP contribution in [0.5, 0.6) is 0 Å². The number of piperidine rings is 1. The number of nitrogens with one attached hydrogen (secondary N) is 1. The number of benzene rings is 1. The van der Waals surface area contributed by atoms with Crippen molar-refractivity contribution in [3.8, 4) is 0 Å². The first-order chi connectivity index (χ1) is 9.19. The third-order valence-corrected chi connectivity index (χ3v) is 4.51. The van der Waals surface area contributed by atoms with Gasteiger partial charge in [0.15, 0.2) is 0 Å². The van der Waals surface area contributed by atoms with Gasteiger partial charge in [-0.2, -0.15) is 0 Å². The van der Waals surface area contributed by atoms with E-state index in [0.717, 1.165) is 34.3 Å². The quantitative estimate of drug-likeness (QED) is 0.908. The fraction of sp³-hybridized carbons (Fsp3) is 0.533. The number of nitrogens with zero attached hydrogens (tertiary/aromatic N) is 2. The van der Waals surface area contributed by atoms with E-state index < -0.39 is 0 Å². The van der Waals surface area contributed by atoms with Gasteiger partial charge in [-0.1, -0.05) is 24.9 Å². The summed E-state index contributed by atoms with van der Waals surface area (Å²) in [6.07, 6.45) is 3.72. The van der Waals surface area contributed by atoms with Crippen LogP contribution < -0.4 is 5.32 Å². The van der Waals surface area contributed by atoms with Crippen molar-refractivity contribution in [2.24, 2.45) is 13.0 Å². The highest BCUT2D eigenvalue weighted by atomic mass is 35.5. The van der Waals surface area contributed by atoms with Gasteiger partial charge in [0.2, 0.25) is 0 Å². The number of aryl methyl sites for hydroxylation is 1. The molecule has 1 N–H and O–H groups in total. The zero-order chi connectivity index (χ0) is 13.4. The van der Waals surface area contributed by atoms with Crippen LogP contribution in [0.2, 0.25) is 5.02 Å². The van der Waals surface area contributed by atoms with Crippen LogP contribution in [0.1, 0.15) is 38.1 Å².